The summed E-state index contributed by atoms with van der Waals surface area (Å²) in [5.41, 5.74) is 8.50. The number of hydrogen-bond acceptors (Lipinski definition) is 2. The van der Waals surface area contributed by atoms with E-state index in [1.165, 1.54) is 53.6 Å². The Balaban J connectivity index is 1.24. The molecule has 0 spiro atoms. The molecule has 2 nitrogen and oxygen atoms in total. The van der Waals surface area contributed by atoms with Crippen molar-refractivity contribution in [3.63, 3.8) is 0 Å². The van der Waals surface area contributed by atoms with E-state index in [9.17, 15) is 4.79 Å². The lowest BCUT2D eigenvalue weighted by Crippen LogP contribution is -2.32. The van der Waals surface area contributed by atoms with E-state index in [0.717, 1.165) is 51.6 Å². The van der Waals surface area contributed by atoms with Crippen LogP contribution in [0.1, 0.15) is 80.0 Å². The summed E-state index contributed by atoms with van der Waals surface area (Å²) in [6.07, 6.45) is 14.7. The van der Waals surface area contributed by atoms with Crippen LogP contribution in [0.4, 0.5) is 0 Å². The van der Waals surface area contributed by atoms with Gasteiger partial charge in [-0.25, -0.2) is 0 Å². The van der Waals surface area contributed by atoms with Crippen molar-refractivity contribution >= 4 is 23.5 Å². The molecule has 3 aliphatic rings. The lowest BCUT2D eigenvalue weighted by molar-refractivity contribution is -0.124. The monoisotopic (exact) mass is 425 g/mol. The number of fused-ring (bicyclic) bond motifs is 2. The number of Topliss-reactive ketones (excluding diaryl/α,β-unsaturated/α-hetero) is 1. The van der Waals surface area contributed by atoms with E-state index in [-0.39, 0.29) is 0 Å². The highest BCUT2D eigenvalue weighted by atomic mass is 16.1. The second kappa shape index (κ2) is 10.0. The average molecular weight is 426 g/mol. The molecule has 0 amide bonds. The zero-order valence-corrected chi connectivity index (χ0v) is 19.2. The Kier molecular flexibility index (Phi) is 6.69. The SMILES string of the molecule is O=C1CCCCC1CCCCN1CCC(=C2c3ccccc3C=Cc3ccccc32)CC1. The number of carbonyl (C=O) groups is 1. The Bertz CT molecular complexity index is 969. The predicted molar refractivity (Wildman–Crippen MR) is 134 cm³/mol. The smallest absolute Gasteiger partial charge is 0.135 e. The highest BCUT2D eigenvalue weighted by molar-refractivity contribution is 5.94. The second-order valence-corrected chi connectivity index (χ2v) is 9.73. The van der Waals surface area contributed by atoms with Gasteiger partial charge < -0.3 is 4.90 Å². The molecule has 2 aliphatic carbocycles. The van der Waals surface area contributed by atoms with Crippen LogP contribution in [-0.4, -0.2) is 30.3 Å². The lowest BCUT2D eigenvalue weighted by Gasteiger charge is -2.30. The fourth-order valence-corrected chi connectivity index (χ4v) is 5.83. The zero-order chi connectivity index (χ0) is 21.8. The van der Waals surface area contributed by atoms with Crippen LogP contribution < -0.4 is 0 Å². The van der Waals surface area contributed by atoms with Crippen molar-refractivity contribution in [1.29, 1.82) is 0 Å². The van der Waals surface area contributed by atoms with Crippen molar-refractivity contribution in [1.82, 2.24) is 4.90 Å². The van der Waals surface area contributed by atoms with Gasteiger partial charge in [0.15, 0.2) is 0 Å². The number of benzene rings is 2. The van der Waals surface area contributed by atoms with Gasteiger partial charge in [0.25, 0.3) is 0 Å². The van der Waals surface area contributed by atoms with Gasteiger partial charge in [-0.2, -0.15) is 0 Å². The fraction of sp³-hybridized carbons (Fsp3) is 0.433. The summed E-state index contributed by atoms with van der Waals surface area (Å²) in [7, 11) is 0. The maximum Gasteiger partial charge on any atom is 0.135 e. The Hall–Kier alpha value is -2.45. The molecule has 2 aromatic carbocycles. The molecule has 1 unspecified atom stereocenters. The molecule has 1 aliphatic heterocycles. The van der Waals surface area contributed by atoms with Crippen LogP contribution in [0, 0.1) is 5.92 Å². The molecule has 0 bridgehead atoms. The van der Waals surface area contributed by atoms with Crippen molar-refractivity contribution in [3.8, 4) is 0 Å². The minimum atomic E-state index is 0.366. The summed E-state index contributed by atoms with van der Waals surface area (Å²) in [4.78, 5) is 14.7. The summed E-state index contributed by atoms with van der Waals surface area (Å²) in [5.74, 6) is 0.898. The van der Waals surface area contributed by atoms with Crippen LogP contribution in [0.2, 0.25) is 0 Å². The van der Waals surface area contributed by atoms with Gasteiger partial charge in [0.1, 0.15) is 5.78 Å². The molecular weight excluding hydrogens is 390 g/mol. The van der Waals surface area contributed by atoms with Crippen LogP contribution in [0.5, 0.6) is 0 Å². The molecule has 1 saturated heterocycles. The molecule has 0 N–H and O–H groups in total. The van der Waals surface area contributed by atoms with Gasteiger partial charge >= 0.3 is 0 Å². The maximum absolute atomic E-state index is 12.1. The number of piperidine rings is 1. The molecule has 1 atom stereocenters. The molecule has 1 heterocycles. The minimum absolute atomic E-state index is 0.366. The summed E-state index contributed by atoms with van der Waals surface area (Å²) in [5, 5.41) is 0. The van der Waals surface area contributed by atoms with Gasteiger partial charge in [0, 0.05) is 25.4 Å². The van der Waals surface area contributed by atoms with Gasteiger partial charge in [0.05, 0.1) is 0 Å². The zero-order valence-electron chi connectivity index (χ0n) is 19.2. The largest absolute Gasteiger partial charge is 0.303 e. The molecular formula is C30H35NO. The van der Waals surface area contributed by atoms with Gasteiger partial charge in [-0.1, -0.05) is 79.1 Å². The Labute approximate surface area is 193 Å². The molecule has 2 fully saturated rings. The molecule has 2 aromatic rings. The molecule has 166 valence electrons. The topological polar surface area (TPSA) is 20.3 Å². The number of hydrogen-bond donors (Lipinski definition) is 0. The third kappa shape index (κ3) is 4.66. The quantitative estimate of drug-likeness (QED) is 0.410. The number of unbranched alkanes of at least 4 members (excludes halogenated alkanes) is 1. The van der Waals surface area contributed by atoms with Crippen molar-refractivity contribution < 1.29 is 4.79 Å². The van der Waals surface area contributed by atoms with E-state index in [4.69, 9.17) is 0 Å². The first kappa shape index (κ1) is 21.4. The van der Waals surface area contributed by atoms with Crippen LogP contribution in [0.25, 0.3) is 17.7 Å². The van der Waals surface area contributed by atoms with E-state index in [2.05, 4.69) is 65.6 Å². The van der Waals surface area contributed by atoms with Gasteiger partial charge in [-0.05, 0) is 72.9 Å². The standard InChI is InChI=1S/C30H35NO/c32-29-15-6-3-11-25(29)12-7-8-20-31-21-18-26(19-22-31)30-27-13-4-1-9-23(27)16-17-24-10-2-5-14-28(24)30/h1-2,4-5,9-10,13-14,16-17,25H,3,6-8,11-12,15,18-22H2. The first-order valence-electron chi connectivity index (χ1n) is 12.6. The third-order valence-corrected chi connectivity index (χ3v) is 7.67. The highest BCUT2D eigenvalue weighted by Crippen LogP contribution is 2.38. The number of ketones is 1. The average Bonchev–Trinajstić information content (AvgIpc) is 3.00. The summed E-state index contributed by atoms with van der Waals surface area (Å²) in [6.45, 7) is 3.48. The van der Waals surface area contributed by atoms with E-state index in [0.29, 0.717) is 11.7 Å². The van der Waals surface area contributed by atoms with Gasteiger partial charge in [0.2, 0.25) is 0 Å². The minimum Gasteiger partial charge on any atom is -0.303 e. The van der Waals surface area contributed by atoms with Crippen molar-refractivity contribution in [2.24, 2.45) is 5.92 Å². The predicted octanol–water partition coefficient (Wildman–Crippen LogP) is 7.00. The second-order valence-electron chi connectivity index (χ2n) is 9.73. The Morgan fingerprint density at radius 3 is 2.09 bits per heavy atom. The molecule has 0 aromatic heterocycles. The highest BCUT2D eigenvalue weighted by Gasteiger charge is 2.23. The molecule has 32 heavy (non-hydrogen) atoms. The summed E-state index contributed by atoms with van der Waals surface area (Å²) >= 11 is 0. The fourth-order valence-electron chi connectivity index (χ4n) is 5.83. The van der Waals surface area contributed by atoms with Gasteiger partial charge in [-0.3, -0.25) is 4.79 Å². The Morgan fingerprint density at radius 2 is 1.44 bits per heavy atom. The molecule has 0 radical (unpaired) electrons. The first-order chi connectivity index (χ1) is 15.8. The number of nitrogens with zero attached hydrogens (tertiary/aromatic N) is 1. The van der Waals surface area contributed by atoms with Crippen LogP contribution >= 0.6 is 0 Å². The van der Waals surface area contributed by atoms with E-state index in [1.807, 2.05) is 0 Å². The van der Waals surface area contributed by atoms with Crippen molar-refractivity contribution in [2.45, 2.75) is 57.8 Å². The van der Waals surface area contributed by atoms with Crippen LogP contribution in [-0.2, 0) is 4.79 Å². The van der Waals surface area contributed by atoms with Crippen LogP contribution in [0.3, 0.4) is 0 Å². The number of likely N-dealkylation sites (tertiary alicyclic amines) is 1. The molecule has 2 heteroatoms. The normalized spacial score (nSPS) is 21.2. The van der Waals surface area contributed by atoms with E-state index >= 15 is 0 Å². The molecule has 1 saturated carbocycles. The van der Waals surface area contributed by atoms with Crippen molar-refractivity contribution in [2.75, 3.05) is 19.6 Å². The molecule has 5 rings (SSSR count). The Morgan fingerprint density at radius 1 is 0.781 bits per heavy atom. The number of rotatable bonds is 5. The number of carbonyl (C=O) groups excluding carboxylic acids is 1. The van der Waals surface area contributed by atoms with E-state index in [1.54, 1.807) is 5.57 Å². The third-order valence-electron chi connectivity index (χ3n) is 7.67. The van der Waals surface area contributed by atoms with Crippen LogP contribution in [0.15, 0.2) is 54.1 Å². The van der Waals surface area contributed by atoms with E-state index < -0.39 is 0 Å². The maximum atomic E-state index is 12.1. The summed E-state index contributed by atoms with van der Waals surface area (Å²) in [6, 6.07) is 17.7. The first-order valence-corrected chi connectivity index (χ1v) is 12.6. The lowest BCUT2D eigenvalue weighted by atomic mass is 9.84. The summed E-state index contributed by atoms with van der Waals surface area (Å²) < 4.78 is 0. The van der Waals surface area contributed by atoms with Crippen molar-refractivity contribution in [3.05, 3.63) is 76.4 Å². The van der Waals surface area contributed by atoms with Gasteiger partial charge in [-0.15, -0.1) is 0 Å².